The van der Waals surface area contributed by atoms with Crippen LogP contribution in [-0.2, 0) is 4.74 Å². The largest absolute Gasteiger partial charge is 0.380 e. The summed E-state index contributed by atoms with van der Waals surface area (Å²) in [6.45, 7) is 2.84. The Bertz CT molecular complexity index is 1280. The second-order valence-electron chi connectivity index (χ2n) is 8.44. The zero-order valence-electron chi connectivity index (χ0n) is 20.0. The molecule has 12 heteroatoms. The molecular formula is C25H26ClFN6O4. The number of carbonyl (C=O) groups is 3. The summed E-state index contributed by atoms with van der Waals surface area (Å²) in [6.07, 6.45) is 2.47. The van der Waals surface area contributed by atoms with E-state index in [1.807, 2.05) is 0 Å². The maximum Gasteiger partial charge on any atom is 0.276 e. The maximum atomic E-state index is 13.2. The topological polar surface area (TPSA) is 128 Å². The van der Waals surface area contributed by atoms with Crippen LogP contribution in [0.5, 0.6) is 0 Å². The molecule has 1 aliphatic heterocycles. The van der Waals surface area contributed by atoms with Crippen LogP contribution in [0.2, 0.25) is 5.02 Å². The van der Waals surface area contributed by atoms with Crippen molar-refractivity contribution < 1.29 is 23.5 Å². The van der Waals surface area contributed by atoms with Gasteiger partial charge in [-0.25, -0.2) is 9.37 Å². The van der Waals surface area contributed by atoms with Crippen LogP contribution in [-0.4, -0.2) is 72.0 Å². The molecule has 0 aliphatic carbocycles. The fraction of sp³-hybridized carbons (Fsp3) is 0.280. The van der Waals surface area contributed by atoms with Gasteiger partial charge in [-0.05, 0) is 48.9 Å². The summed E-state index contributed by atoms with van der Waals surface area (Å²) in [7, 11) is 1.69. The number of likely N-dealkylation sites (tertiary alicyclic amines) is 1. The molecule has 1 saturated heterocycles. The van der Waals surface area contributed by atoms with Gasteiger partial charge in [0.05, 0.1) is 23.0 Å². The number of anilines is 2. The van der Waals surface area contributed by atoms with E-state index in [2.05, 4.69) is 30.8 Å². The van der Waals surface area contributed by atoms with Crippen molar-refractivity contribution in [2.75, 3.05) is 43.9 Å². The van der Waals surface area contributed by atoms with Gasteiger partial charge in [-0.1, -0.05) is 11.6 Å². The van der Waals surface area contributed by atoms with Crippen LogP contribution < -0.4 is 16.0 Å². The highest BCUT2D eigenvalue weighted by Crippen LogP contribution is 2.20. The number of aromatic amines is 1. The van der Waals surface area contributed by atoms with Crippen molar-refractivity contribution in [3.8, 4) is 0 Å². The lowest BCUT2D eigenvalue weighted by Crippen LogP contribution is -2.35. The standard InChI is InChI=1S/C25H26ClFN6O4/c1-37-18-8-10-33(13-18)11-9-28-24(35)21-22(30-14-29-21)25(36)32-17-5-3-16(4-6-17)31-23(34)19-7-2-15(27)12-20(19)26/h2-7,12,14,18H,8-11,13H2,1H3,(H,28,35)(H,29,30)(H,31,34)(H,32,36). The molecule has 2 heterocycles. The van der Waals surface area contributed by atoms with Gasteiger partial charge < -0.3 is 25.7 Å². The Morgan fingerprint density at radius 3 is 2.46 bits per heavy atom. The van der Waals surface area contributed by atoms with Crippen molar-refractivity contribution in [3.05, 3.63) is 76.6 Å². The van der Waals surface area contributed by atoms with Gasteiger partial charge in [-0.15, -0.1) is 0 Å². The number of carbonyl (C=O) groups excluding carboxylic acids is 3. The molecule has 0 bridgehead atoms. The summed E-state index contributed by atoms with van der Waals surface area (Å²) in [5.41, 5.74) is 1.02. The fourth-order valence-electron chi connectivity index (χ4n) is 3.95. The quantitative estimate of drug-likeness (QED) is 0.338. The summed E-state index contributed by atoms with van der Waals surface area (Å²) >= 11 is 5.93. The molecule has 0 spiro atoms. The predicted octanol–water partition coefficient (Wildman–Crippen LogP) is 3.16. The third kappa shape index (κ3) is 6.70. The Morgan fingerprint density at radius 1 is 1.11 bits per heavy atom. The first-order chi connectivity index (χ1) is 17.8. The smallest absolute Gasteiger partial charge is 0.276 e. The van der Waals surface area contributed by atoms with Gasteiger partial charge in [-0.3, -0.25) is 19.3 Å². The number of imidazole rings is 1. The molecular weight excluding hydrogens is 503 g/mol. The number of rotatable bonds is 9. The molecule has 4 rings (SSSR count). The number of H-pyrrole nitrogens is 1. The van der Waals surface area contributed by atoms with Gasteiger partial charge in [0, 0.05) is 44.7 Å². The van der Waals surface area contributed by atoms with Gasteiger partial charge in [-0.2, -0.15) is 0 Å². The van der Waals surface area contributed by atoms with Crippen molar-refractivity contribution in [2.45, 2.75) is 12.5 Å². The Kier molecular flexibility index (Phi) is 8.49. The second-order valence-corrected chi connectivity index (χ2v) is 8.85. The molecule has 10 nitrogen and oxygen atoms in total. The Labute approximate surface area is 217 Å². The Balaban J connectivity index is 1.30. The first kappa shape index (κ1) is 26.3. The monoisotopic (exact) mass is 528 g/mol. The normalized spacial score (nSPS) is 15.4. The number of nitrogens with zero attached hydrogens (tertiary/aromatic N) is 2. The van der Waals surface area contributed by atoms with Crippen molar-refractivity contribution >= 4 is 40.7 Å². The van der Waals surface area contributed by atoms with Crippen molar-refractivity contribution in [2.24, 2.45) is 0 Å². The van der Waals surface area contributed by atoms with E-state index in [1.165, 1.54) is 12.4 Å². The Hall–Kier alpha value is -3.80. The number of hydrogen-bond acceptors (Lipinski definition) is 6. The highest BCUT2D eigenvalue weighted by Gasteiger charge is 2.23. The van der Waals surface area contributed by atoms with Gasteiger partial charge >= 0.3 is 0 Å². The number of benzene rings is 2. The van der Waals surface area contributed by atoms with Crippen molar-refractivity contribution in [1.29, 1.82) is 0 Å². The van der Waals surface area contributed by atoms with E-state index in [4.69, 9.17) is 16.3 Å². The molecule has 3 amide bonds. The minimum atomic E-state index is -0.566. The highest BCUT2D eigenvalue weighted by atomic mass is 35.5. The van der Waals surface area contributed by atoms with Crippen LogP contribution in [0.15, 0.2) is 48.8 Å². The van der Waals surface area contributed by atoms with E-state index in [0.717, 1.165) is 31.6 Å². The van der Waals surface area contributed by atoms with Crippen molar-refractivity contribution in [3.63, 3.8) is 0 Å². The molecule has 1 atom stereocenters. The zero-order chi connectivity index (χ0) is 26.4. The maximum absolute atomic E-state index is 13.2. The van der Waals surface area contributed by atoms with Gasteiger partial charge in [0.1, 0.15) is 11.5 Å². The van der Waals surface area contributed by atoms with E-state index in [1.54, 1.807) is 31.4 Å². The van der Waals surface area contributed by atoms with E-state index >= 15 is 0 Å². The summed E-state index contributed by atoms with van der Waals surface area (Å²) in [5.74, 6) is -2.04. The Morgan fingerprint density at radius 2 is 1.81 bits per heavy atom. The molecule has 1 unspecified atom stereocenters. The van der Waals surface area contributed by atoms with Crippen molar-refractivity contribution in [1.82, 2.24) is 20.2 Å². The third-order valence-corrected chi connectivity index (χ3v) is 6.25. The first-order valence-corrected chi connectivity index (χ1v) is 12.0. The average molecular weight is 529 g/mol. The molecule has 2 aromatic carbocycles. The molecule has 1 aliphatic rings. The number of hydrogen-bond donors (Lipinski definition) is 4. The second kappa shape index (κ2) is 12.0. The highest BCUT2D eigenvalue weighted by molar-refractivity contribution is 6.34. The van der Waals surface area contributed by atoms with E-state index in [9.17, 15) is 18.8 Å². The van der Waals surface area contributed by atoms with Crippen LogP contribution in [0.25, 0.3) is 0 Å². The van der Waals surface area contributed by atoms with Gasteiger partial charge in [0.15, 0.2) is 5.69 Å². The minimum Gasteiger partial charge on any atom is -0.380 e. The number of nitrogens with one attached hydrogen (secondary N) is 4. The van der Waals surface area contributed by atoms with Crippen LogP contribution in [0.3, 0.4) is 0 Å². The molecule has 0 radical (unpaired) electrons. The van der Waals surface area contributed by atoms with Crippen LogP contribution >= 0.6 is 11.6 Å². The minimum absolute atomic E-state index is 0.00370. The summed E-state index contributed by atoms with van der Waals surface area (Å²) < 4.78 is 18.6. The molecule has 194 valence electrons. The summed E-state index contributed by atoms with van der Waals surface area (Å²) in [6, 6.07) is 9.81. The fourth-order valence-corrected chi connectivity index (χ4v) is 4.20. The van der Waals surface area contributed by atoms with Gasteiger partial charge in [0.2, 0.25) is 0 Å². The molecule has 37 heavy (non-hydrogen) atoms. The van der Waals surface area contributed by atoms with Crippen LogP contribution in [0, 0.1) is 5.82 Å². The number of aromatic nitrogens is 2. The lowest BCUT2D eigenvalue weighted by molar-refractivity contribution is 0.0926. The third-order valence-electron chi connectivity index (χ3n) is 5.93. The van der Waals surface area contributed by atoms with E-state index in [0.29, 0.717) is 24.5 Å². The lowest BCUT2D eigenvalue weighted by Gasteiger charge is -2.15. The van der Waals surface area contributed by atoms with Crippen LogP contribution in [0.1, 0.15) is 37.8 Å². The van der Waals surface area contributed by atoms with E-state index in [-0.39, 0.29) is 28.1 Å². The average Bonchev–Trinajstić information content (AvgIpc) is 3.55. The summed E-state index contributed by atoms with van der Waals surface area (Å²) in [4.78, 5) is 46.7. The predicted molar refractivity (Wildman–Crippen MR) is 137 cm³/mol. The number of methoxy groups -OCH3 is 1. The SMILES string of the molecule is COC1CCN(CCNC(=O)c2[nH]cnc2C(=O)Nc2ccc(NC(=O)c3ccc(F)cc3Cl)cc2)C1. The number of ether oxygens (including phenoxy) is 1. The molecule has 3 aromatic rings. The molecule has 4 N–H and O–H groups in total. The number of halogens is 2. The first-order valence-electron chi connectivity index (χ1n) is 11.6. The number of amides is 3. The molecule has 0 saturated carbocycles. The van der Waals surface area contributed by atoms with Crippen LogP contribution in [0.4, 0.5) is 15.8 Å². The zero-order valence-corrected chi connectivity index (χ0v) is 20.8. The summed E-state index contributed by atoms with van der Waals surface area (Å²) in [5, 5.41) is 8.14. The van der Waals surface area contributed by atoms with E-state index < -0.39 is 23.5 Å². The van der Waals surface area contributed by atoms with Gasteiger partial charge in [0.25, 0.3) is 17.7 Å². The molecule has 1 aromatic heterocycles. The lowest BCUT2D eigenvalue weighted by atomic mass is 10.2. The molecule has 1 fully saturated rings.